The number of hydrogen-bond donors (Lipinski definition) is 0. The molecule has 2 aromatic heterocycles. The van der Waals surface area contributed by atoms with Crippen LogP contribution in [0.5, 0.6) is 0 Å². The monoisotopic (exact) mass is 270 g/mol. The van der Waals surface area contributed by atoms with Crippen molar-refractivity contribution in [2.45, 2.75) is 44.6 Å². The third-order valence-electron chi connectivity index (χ3n) is 3.84. The first kappa shape index (κ1) is 13.0. The first-order valence-electron chi connectivity index (χ1n) is 7.15. The lowest BCUT2D eigenvalue weighted by Gasteiger charge is -2.21. The molecule has 0 bridgehead atoms. The molecular weight excluding hydrogens is 252 g/mol. The van der Waals surface area contributed by atoms with Crippen LogP contribution >= 0.6 is 0 Å². The molecule has 0 atom stereocenters. The van der Waals surface area contributed by atoms with Gasteiger partial charge in [-0.25, -0.2) is 9.97 Å². The number of ketones is 1. The van der Waals surface area contributed by atoms with Gasteiger partial charge in [0.2, 0.25) is 0 Å². The molecule has 0 spiro atoms. The topological polar surface area (TPSA) is 60.7 Å². The minimum absolute atomic E-state index is 0.0134. The van der Waals surface area contributed by atoms with Gasteiger partial charge in [0.05, 0.1) is 23.7 Å². The van der Waals surface area contributed by atoms with Crippen molar-refractivity contribution in [3.05, 3.63) is 42.2 Å². The number of nitrogens with zero attached hydrogens (tertiary/aromatic N) is 4. The number of carbonyl (C=O) groups excluding carboxylic acids is 1. The van der Waals surface area contributed by atoms with Gasteiger partial charge in [-0.1, -0.05) is 19.3 Å². The van der Waals surface area contributed by atoms with Crippen molar-refractivity contribution in [3.63, 3.8) is 0 Å². The molecule has 20 heavy (non-hydrogen) atoms. The van der Waals surface area contributed by atoms with Crippen LogP contribution in [0.3, 0.4) is 0 Å². The average molecular weight is 270 g/mol. The summed E-state index contributed by atoms with van der Waals surface area (Å²) < 4.78 is 2.03. The van der Waals surface area contributed by atoms with Crippen LogP contribution in [0.2, 0.25) is 0 Å². The first-order chi connectivity index (χ1) is 9.83. The van der Waals surface area contributed by atoms with Crippen LogP contribution in [-0.2, 0) is 6.42 Å². The van der Waals surface area contributed by atoms with Gasteiger partial charge in [-0.3, -0.25) is 9.48 Å². The largest absolute Gasteiger partial charge is 0.294 e. The number of carbonyl (C=O) groups is 1. The van der Waals surface area contributed by atoms with E-state index in [0.717, 1.165) is 5.69 Å². The van der Waals surface area contributed by atoms with E-state index >= 15 is 0 Å². The predicted octanol–water partition coefficient (Wildman–Crippen LogP) is 2.60. The van der Waals surface area contributed by atoms with E-state index in [0.29, 0.717) is 18.0 Å². The van der Waals surface area contributed by atoms with E-state index in [1.165, 1.54) is 38.4 Å². The smallest absolute Gasteiger partial charge is 0.171 e. The fourth-order valence-electron chi connectivity index (χ4n) is 2.73. The summed E-state index contributed by atoms with van der Waals surface area (Å²) in [5.74, 6) is 0.0134. The summed E-state index contributed by atoms with van der Waals surface area (Å²) in [6.07, 6.45) is 13.1. The second-order valence-corrected chi connectivity index (χ2v) is 5.31. The van der Waals surface area contributed by atoms with E-state index in [1.807, 2.05) is 16.9 Å². The van der Waals surface area contributed by atoms with Crippen LogP contribution in [0.25, 0.3) is 0 Å². The van der Waals surface area contributed by atoms with Crippen LogP contribution in [-0.4, -0.2) is 25.5 Å². The Balaban J connectivity index is 1.66. The van der Waals surface area contributed by atoms with E-state index in [-0.39, 0.29) is 5.78 Å². The summed E-state index contributed by atoms with van der Waals surface area (Å²) in [6, 6.07) is 2.45. The molecule has 5 nitrogen and oxygen atoms in total. The van der Waals surface area contributed by atoms with Gasteiger partial charge in [0.25, 0.3) is 0 Å². The van der Waals surface area contributed by atoms with E-state index in [4.69, 9.17) is 0 Å². The van der Waals surface area contributed by atoms with Crippen molar-refractivity contribution in [2.24, 2.45) is 0 Å². The molecule has 2 heterocycles. The lowest BCUT2D eigenvalue weighted by Crippen LogP contribution is -2.14. The standard InChI is InChI=1S/C15H18N4O/c20-15(12-9-16-11-17-10-12)8-13-6-7-19(18-13)14-4-2-1-3-5-14/h6-7,9-11,14H,1-5,8H2. The van der Waals surface area contributed by atoms with Gasteiger partial charge in [-0.05, 0) is 18.9 Å². The highest BCUT2D eigenvalue weighted by Gasteiger charge is 2.17. The van der Waals surface area contributed by atoms with Crippen molar-refractivity contribution in [3.8, 4) is 0 Å². The Bertz CT molecular complexity index is 573. The van der Waals surface area contributed by atoms with Crippen LogP contribution in [0.15, 0.2) is 31.0 Å². The molecule has 0 unspecified atom stereocenters. The molecule has 0 aromatic carbocycles. The number of rotatable bonds is 4. The van der Waals surface area contributed by atoms with Gasteiger partial charge < -0.3 is 0 Å². The third kappa shape index (κ3) is 2.92. The zero-order valence-electron chi connectivity index (χ0n) is 11.4. The normalized spacial score (nSPS) is 16.2. The highest BCUT2D eigenvalue weighted by molar-refractivity contribution is 5.96. The maximum absolute atomic E-state index is 12.1. The predicted molar refractivity (Wildman–Crippen MR) is 74.4 cm³/mol. The Morgan fingerprint density at radius 3 is 2.70 bits per heavy atom. The van der Waals surface area contributed by atoms with Crippen LogP contribution in [0.4, 0.5) is 0 Å². The van der Waals surface area contributed by atoms with Crippen LogP contribution < -0.4 is 0 Å². The van der Waals surface area contributed by atoms with Crippen LogP contribution in [0, 0.1) is 0 Å². The van der Waals surface area contributed by atoms with Crippen molar-refractivity contribution in [1.82, 2.24) is 19.7 Å². The first-order valence-corrected chi connectivity index (χ1v) is 7.15. The molecule has 0 saturated heterocycles. The molecule has 0 radical (unpaired) electrons. The zero-order valence-corrected chi connectivity index (χ0v) is 11.4. The minimum atomic E-state index is 0.0134. The van der Waals surface area contributed by atoms with E-state index in [9.17, 15) is 4.79 Å². The van der Waals surface area contributed by atoms with Gasteiger partial charge >= 0.3 is 0 Å². The summed E-state index contributed by atoms with van der Waals surface area (Å²) in [5, 5.41) is 4.55. The summed E-state index contributed by atoms with van der Waals surface area (Å²) in [7, 11) is 0. The molecule has 5 heteroatoms. The van der Waals surface area contributed by atoms with Gasteiger partial charge in [-0.2, -0.15) is 5.10 Å². The second-order valence-electron chi connectivity index (χ2n) is 5.31. The Labute approximate surface area is 118 Å². The van der Waals surface area contributed by atoms with Gasteiger partial charge in [0.1, 0.15) is 6.33 Å². The Kier molecular flexibility index (Phi) is 3.85. The van der Waals surface area contributed by atoms with Gasteiger partial charge in [0.15, 0.2) is 5.78 Å². The molecule has 2 aromatic rings. The second kappa shape index (κ2) is 5.94. The molecule has 1 aliphatic rings. The molecule has 1 aliphatic carbocycles. The number of Topliss-reactive ketones (excluding diaryl/α,β-unsaturated/α-hetero) is 1. The summed E-state index contributed by atoms with van der Waals surface area (Å²) in [5.41, 5.74) is 1.36. The highest BCUT2D eigenvalue weighted by atomic mass is 16.1. The number of hydrogen-bond acceptors (Lipinski definition) is 4. The van der Waals surface area contributed by atoms with Crippen molar-refractivity contribution >= 4 is 5.78 Å². The van der Waals surface area contributed by atoms with Gasteiger partial charge in [0, 0.05) is 18.6 Å². The van der Waals surface area contributed by atoms with Crippen molar-refractivity contribution in [1.29, 1.82) is 0 Å². The molecule has 104 valence electrons. The maximum atomic E-state index is 12.1. The average Bonchev–Trinajstić information content (AvgIpc) is 2.97. The number of aromatic nitrogens is 4. The van der Waals surface area contributed by atoms with E-state index in [1.54, 1.807) is 12.4 Å². The van der Waals surface area contributed by atoms with Crippen molar-refractivity contribution < 1.29 is 4.79 Å². The lowest BCUT2D eigenvalue weighted by molar-refractivity contribution is 0.0991. The molecule has 1 saturated carbocycles. The van der Waals surface area contributed by atoms with E-state index < -0.39 is 0 Å². The Morgan fingerprint density at radius 1 is 1.20 bits per heavy atom. The maximum Gasteiger partial charge on any atom is 0.171 e. The quantitative estimate of drug-likeness (QED) is 0.801. The minimum Gasteiger partial charge on any atom is -0.294 e. The summed E-state index contributed by atoms with van der Waals surface area (Å²) in [4.78, 5) is 19.8. The van der Waals surface area contributed by atoms with Crippen LogP contribution in [0.1, 0.15) is 54.2 Å². The van der Waals surface area contributed by atoms with E-state index in [2.05, 4.69) is 15.1 Å². The molecule has 0 amide bonds. The fraction of sp³-hybridized carbons (Fsp3) is 0.467. The molecule has 1 fully saturated rings. The van der Waals surface area contributed by atoms with Gasteiger partial charge in [-0.15, -0.1) is 0 Å². The van der Waals surface area contributed by atoms with Crippen molar-refractivity contribution in [2.75, 3.05) is 0 Å². The molecular formula is C15H18N4O. The molecule has 0 N–H and O–H groups in total. The SMILES string of the molecule is O=C(Cc1ccn(C2CCCCC2)n1)c1cncnc1. The Hall–Kier alpha value is -2.04. The lowest BCUT2D eigenvalue weighted by atomic mass is 9.96. The molecule has 0 aliphatic heterocycles. The third-order valence-corrected chi connectivity index (χ3v) is 3.84. The molecule has 3 rings (SSSR count). The fourth-order valence-corrected chi connectivity index (χ4v) is 2.73. The Morgan fingerprint density at radius 2 is 1.95 bits per heavy atom. The zero-order chi connectivity index (χ0) is 13.8. The summed E-state index contributed by atoms with van der Waals surface area (Å²) >= 11 is 0. The highest BCUT2D eigenvalue weighted by Crippen LogP contribution is 2.27. The summed E-state index contributed by atoms with van der Waals surface area (Å²) in [6.45, 7) is 0.